The SMILES string of the molecule is CC(=O)c1ccc(S(=O)(=O)N2CCC(C(=O)N3CCN4CCOC[C@@H]4C3)CC2)cc1. The summed E-state index contributed by atoms with van der Waals surface area (Å²) in [6.07, 6.45) is 1.07. The highest BCUT2D eigenvalue weighted by Gasteiger charge is 2.37. The highest BCUT2D eigenvalue weighted by molar-refractivity contribution is 7.89. The Morgan fingerprint density at radius 2 is 1.70 bits per heavy atom. The molecule has 1 aromatic rings. The third-order valence-electron chi connectivity index (χ3n) is 6.45. The van der Waals surface area contributed by atoms with Gasteiger partial charge in [-0.25, -0.2) is 8.42 Å². The molecular formula is C21H29N3O5S. The number of carbonyl (C=O) groups excluding carboxylic acids is 2. The van der Waals surface area contributed by atoms with Crippen LogP contribution in [0.2, 0.25) is 0 Å². The highest BCUT2D eigenvalue weighted by Crippen LogP contribution is 2.26. The first-order chi connectivity index (χ1) is 14.4. The summed E-state index contributed by atoms with van der Waals surface area (Å²) in [4.78, 5) is 28.9. The molecule has 0 radical (unpaired) electrons. The van der Waals surface area contributed by atoms with E-state index in [9.17, 15) is 18.0 Å². The van der Waals surface area contributed by atoms with Gasteiger partial charge in [-0.3, -0.25) is 14.5 Å². The van der Waals surface area contributed by atoms with E-state index in [1.54, 1.807) is 12.1 Å². The Bertz CT molecular complexity index is 894. The average Bonchev–Trinajstić information content (AvgIpc) is 2.78. The van der Waals surface area contributed by atoms with Crippen molar-refractivity contribution in [3.05, 3.63) is 29.8 Å². The van der Waals surface area contributed by atoms with Crippen molar-refractivity contribution in [3.8, 4) is 0 Å². The van der Waals surface area contributed by atoms with Crippen molar-refractivity contribution >= 4 is 21.7 Å². The van der Waals surface area contributed by atoms with E-state index in [-0.39, 0.29) is 28.5 Å². The Morgan fingerprint density at radius 1 is 1.00 bits per heavy atom. The van der Waals surface area contributed by atoms with Gasteiger partial charge in [-0.05, 0) is 31.9 Å². The Kier molecular flexibility index (Phi) is 6.24. The maximum Gasteiger partial charge on any atom is 0.243 e. The minimum Gasteiger partial charge on any atom is -0.378 e. The molecular weight excluding hydrogens is 406 g/mol. The summed E-state index contributed by atoms with van der Waals surface area (Å²) in [5, 5.41) is 0. The number of rotatable bonds is 4. The molecule has 4 rings (SSSR count). The first-order valence-corrected chi connectivity index (χ1v) is 12.0. The molecule has 1 aromatic carbocycles. The zero-order valence-corrected chi connectivity index (χ0v) is 18.1. The van der Waals surface area contributed by atoms with E-state index < -0.39 is 10.0 Å². The van der Waals surface area contributed by atoms with E-state index >= 15 is 0 Å². The average molecular weight is 436 g/mol. The van der Waals surface area contributed by atoms with Crippen LogP contribution in [0.5, 0.6) is 0 Å². The lowest BCUT2D eigenvalue weighted by molar-refractivity contribution is -0.142. The van der Waals surface area contributed by atoms with Crippen molar-refractivity contribution in [2.45, 2.75) is 30.7 Å². The highest BCUT2D eigenvalue weighted by atomic mass is 32.2. The quantitative estimate of drug-likeness (QED) is 0.651. The zero-order valence-electron chi connectivity index (χ0n) is 17.3. The summed E-state index contributed by atoms with van der Waals surface area (Å²) in [6, 6.07) is 6.32. The lowest BCUT2D eigenvalue weighted by Gasteiger charge is -2.45. The number of piperidine rings is 1. The first kappa shape index (κ1) is 21.4. The molecule has 9 heteroatoms. The van der Waals surface area contributed by atoms with Crippen LogP contribution in [0.15, 0.2) is 29.2 Å². The van der Waals surface area contributed by atoms with Gasteiger partial charge >= 0.3 is 0 Å². The van der Waals surface area contributed by atoms with E-state index in [1.165, 1.54) is 23.4 Å². The number of piperazine rings is 1. The Balaban J connectivity index is 1.35. The van der Waals surface area contributed by atoms with Crippen molar-refractivity contribution in [2.75, 3.05) is 52.5 Å². The van der Waals surface area contributed by atoms with Gasteiger partial charge in [0.2, 0.25) is 15.9 Å². The van der Waals surface area contributed by atoms with Crippen LogP contribution in [0, 0.1) is 5.92 Å². The number of carbonyl (C=O) groups is 2. The number of benzene rings is 1. The fourth-order valence-corrected chi connectivity index (χ4v) is 6.03. The van der Waals surface area contributed by atoms with Crippen molar-refractivity contribution < 1.29 is 22.7 Å². The molecule has 3 fully saturated rings. The standard InChI is InChI=1S/C21H29N3O5S/c1-16(25)17-2-4-20(5-3-17)30(27,28)24-8-6-18(7-9-24)21(26)23-11-10-22-12-13-29-15-19(22)14-23/h2-5,18-19H,6-15H2,1H3/t19-/m0/s1. The lowest BCUT2D eigenvalue weighted by atomic mass is 9.95. The summed E-state index contributed by atoms with van der Waals surface area (Å²) in [7, 11) is -3.62. The number of hydrogen-bond acceptors (Lipinski definition) is 6. The minimum atomic E-state index is -3.62. The van der Waals surface area contributed by atoms with Gasteiger partial charge in [-0.1, -0.05) is 12.1 Å². The second-order valence-corrected chi connectivity index (χ2v) is 10.2. The third kappa shape index (κ3) is 4.30. The van der Waals surface area contributed by atoms with Crippen LogP contribution in [0.1, 0.15) is 30.1 Å². The molecule has 0 aromatic heterocycles. The number of ketones is 1. The van der Waals surface area contributed by atoms with Crippen LogP contribution in [0.3, 0.4) is 0 Å². The summed E-state index contributed by atoms with van der Waals surface area (Å²) >= 11 is 0. The van der Waals surface area contributed by atoms with Gasteiger partial charge in [0.1, 0.15) is 0 Å². The van der Waals surface area contributed by atoms with E-state index in [0.29, 0.717) is 44.6 Å². The molecule has 30 heavy (non-hydrogen) atoms. The minimum absolute atomic E-state index is 0.0982. The fraction of sp³-hybridized carbons (Fsp3) is 0.619. The number of hydrogen-bond donors (Lipinski definition) is 0. The van der Waals surface area contributed by atoms with Gasteiger partial charge in [0.05, 0.1) is 24.2 Å². The van der Waals surface area contributed by atoms with Crippen LogP contribution in [0.25, 0.3) is 0 Å². The lowest BCUT2D eigenvalue weighted by Crippen LogP contribution is -2.60. The first-order valence-electron chi connectivity index (χ1n) is 10.6. The van der Waals surface area contributed by atoms with E-state index in [1.807, 2.05) is 4.90 Å². The molecule has 0 spiro atoms. The van der Waals surface area contributed by atoms with E-state index in [0.717, 1.165) is 26.2 Å². The molecule has 164 valence electrons. The second-order valence-electron chi connectivity index (χ2n) is 8.31. The second kappa shape index (κ2) is 8.74. The van der Waals surface area contributed by atoms with Gasteiger partial charge in [0.15, 0.2) is 5.78 Å². The van der Waals surface area contributed by atoms with Gasteiger partial charge in [0, 0.05) is 50.7 Å². The van der Waals surface area contributed by atoms with Crippen molar-refractivity contribution in [1.29, 1.82) is 0 Å². The number of Topliss-reactive ketones (excluding diaryl/α,β-unsaturated/α-hetero) is 1. The topological polar surface area (TPSA) is 87.2 Å². The number of ether oxygens (including phenoxy) is 1. The van der Waals surface area contributed by atoms with Gasteiger partial charge < -0.3 is 9.64 Å². The van der Waals surface area contributed by atoms with Crippen molar-refractivity contribution in [1.82, 2.24) is 14.1 Å². The number of amides is 1. The molecule has 0 unspecified atom stereocenters. The molecule has 1 atom stereocenters. The van der Waals surface area contributed by atoms with E-state index in [4.69, 9.17) is 4.74 Å². The molecule has 1 amide bonds. The van der Waals surface area contributed by atoms with Crippen molar-refractivity contribution in [2.24, 2.45) is 5.92 Å². The summed E-state index contributed by atoms with van der Waals surface area (Å²) in [5.41, 5.74) is 0.488. The summed E-state index contributed by atoms with van der Waals surface area (Å²) in [6.45, 7) is 6.78. The number of morpholine rings is 1. The fourth-order valence-electron chi connectivity index (χ4n) is 4.56. The van der Waals surface area contributed by atoms with Gasteiger partial charge in [-0.2, -0.15) is 4.31 Å². The maximum absolute atomic E-state index is 13.0. The monoisotopic (exact) mass is 435 g/mol. The summed E-state index contributed by atoms with van der Waals surface area (Å²) < 4.78 is 32.9. The Labute approximate surface area is 177 Å². The molecule has 3 saturated heterocycles. The smallest absolute Gasteiger partial charge is 0.243 e. The number of sulfonamides is 1. The third-order valence-corrected chi connectivity index (χ3v) is 8.36. The van der Waals surface area contributed by atoms with Crippen LogP contribution in [-0.2, 0) is 19.6 Å². The molecule has 0 aliphatic carbocycles. The van der Waals surface area contributed by atoms with Gasteiger partial charge in [0.25, 0.3) is 0 Å². The predicted octanol–water partition coefficient (Wildman–Crippen LogP) is 0.833. The molecule has 3 aliphatic rings. The molecule has 0 saturated carbocycles. The van der Waals surface area contributed by atoms with Crippen LogP contribution < -0.4 is 0 Å². The number of nitrogens with zero attached hydrogens (tertiary/aromatic N) is 3. The number of fused-ring (bicyclic) bond motifs is 1. The molecule has 3 heterocycles. The van der Waals surface area contributed by atoms with Crippen molar-refractivity contribution in [3.63, 3.8) is 0 Å². The molecule has 0 bridgehead atoms. The predicted molar refractivity (Wildman–Crippen MR) is 111 cm³/mol. The van der Waals surface area contributed by atoms with Crippen LogP contribution >= 0.6 is 0 Å². The molecule has 3 aliphatic heterocycles. The molecule has 8 nitrogen and oxygen atoms in total. The normalized spacial score (nSPS) is 24.4. The summed E-state index contributed by atoms with van der Waals surface area (Å²) in [5.74, 6) is -0.0884. The maximum atomic E-state index is 13.0. The van der Waals surface area contributed by atoms with Gasteiger partial charge in [-0.15, -0.1) is 0 Å². The largest absolute Gasteiger partial charge is 0.378 e. The zero-order chi connectivity index (χ0) is 21.3. The van der Waals surface area contributed by atoms with Crippen LogP contribution in [-0.4, -0.2) is 92.7 Å². The van der Waals surface area contributed by atoms with E-state index in [2.05, 4.69) is 4.90 Å². The Morgan fingerprint density at radius 3 is 2.37 bits per heavy atom. The van der Waals surface area contributed by atoms with Crippen LogP contribution in [0.4, 0.5) is 0 Å². The molecule has 0 N–H and O–H groups in total. The Hall–Kier alpha value is -1.81.